The molecular formula is C42H59N12O15+. The van der Waals surface area contributed by atoms with Crippen LogP contribution in [0.1, 0.15) is 24.0 Å². The quantitative estimate of drug-likeness (QED) is 0.0930. The minimum Gasteiger partial charge on any atom is -0.508 e. The lowest BCUT2D eigenvalue weighted by Crippen LogP contribution is -2.68. The Morgan fingerprint density at radius 1 is 0.696 bits per heavy atom. The Morgan fingerprint density at radius 3 is 1.96 bits per heavy atom. The highest BCUT2D eigenvalue weighted by Crippen LogP contribution is 2.26. The highest BCUT2D eigenvalue weighted by Gasteiger charge is 2.53. The smallest absolute Gasteiger partial charge is 0.346 e. The number of nitrogens with two attached hydrogens (primary N) is 2. The van der Waals surface area contributed by atoms with E-state index in [4.69, 9.17) is 16.2 Å². The van der Waals surface area contributed by atoms with Crippen molar-refractivity contribution in [1.29, 1.82) is 0 Å². The number of rotatable bonds is 11. The van der Waals surface area contributed by atoms with E-state index in [1.54, 1.807) is 37.3 Å². The summed E-state index contributed by atoms with van der Waals surface area (Å²) in [7, 11) is 0. The van der Waals surface area contributed by atoms with Crippen molar-refractivity contribution in [3.05, 3.63) is 65.7 Å². The second-order valence-corrected chi connectivity index (χ2v) is 17.0. The van der Waals surface area contributed by atoms with Gasteiger partial charge in [0.1, 0.15) is 85.2 Å². The number of aliphatic imine (C=N–C) groups is 1. The number of nitrogens with one attached hydrogen (secondary N) is 8. The van der Waals surface area contributed by atoms with E-state index in [1.165, 1.54) is 24.3 Å². The van der Waals surface area contributed by atoms with E-state index in [0.29, 0.717) is 11.1 Å². The maximum atomic E-state index is 14.7. The topological polar surface area (TPSA) is 437 Å². The summed E-state index contributed by atoms with van der Waals surface area (Å²) in [5.74, 6) is -8.13. The van der Waals surface area contributed by atoms with Crippen molar-refractivity contribution in [3.63, 3.8) is 0 Å². The third-order valence-electron chi connectivity index (χ3n) is 12.4. The molecule has 6 rings (SSSR count). The van der Waals surface area contributed by atoms with E-state index in [0.717, 1.165) is 4.58 Å². The molecule has 2 aromatic carbocycles. The van der Waals surface area contributed by atoms with Gasteiger partial charge < -0.3 is 88.5 Å². The van der Waals surface area contributed by atoms with Crippen molar-refractivity contribution in [1.82, 2.24) is 42.5 Å². The number of phenolic OH excluding ortho intramolecular Hbond substituents is 1. The lowest BCUT2D eigenvalue weighted by Gasteiger charge is -2.41. The molecule has 0 bridgehead atoms. The molecule has 2 fully saturated rings. The number of carbonyl (C=O) groups is 6. The predicted molar refractivity (Wildman–Crippen MR) is 237 cm³/mol. The number of phenols is 1. The minimum absolute atomic E-state index is 0.121. The van der Waals surface area contributed by atoms with Gasteiger partial charge in [-0.1, -0.05) is 49.4 Å². The number of aliphatic hydroxyl groups excluding tert-OH is 7. The summed E-state index contributed by atoms with van der Waals surface area (Å²) in [6.45, 7) is -1.67. The number of nitrogens with zero attached hydrogens (tertiary/aromatic N) is 2. The highest BCUT2D eigenvalue weighted by atomic mass is 16.6. The maximum Gasteiger partial charge on any atom is 0.346 e. The molecule has 0 spiro atoms. The number of guanidine groups is 2. The van der Waals surface area contributed by atoms with Gasteiger partial charge in [0.05, 0.1) is 25.8 Å². The number of ether oxygens (including phenoxy) is 1. The molecule has 0 unspecified atom stereocenters. The number of amides is 6. The number of benzene rings is 2. The van der Waals surface area contributed by atoms with Gasteiger partial charge in [-0.2, -0.15) is 0 Å². The lowest BCUT2D eigenvalue weighted by atomic mass is 9.92. The SMILES string of the molecule is C[C@@H](c1ccccc1)[C@@H]1NC(=O)CNC(=O)[C@H](CO)NC(=O)[C@@H]([C@@H](O)[C@@H]2CNC(N)=[N+]2[C@H]2O[C@H](CO)[C@@H](O)[C@H](O)[C@@H]2O)NC(=O)[C@H]([C@@H](O)[C@@H]2CNC(N)=N2)NC(=O)[C@@H](Cc2ccc(O)cc2)NC1=O. The van der Waals surface area contributed by atoms with Gasteiger partial charge in [0, 0.05) is 18.9 Å². The second-order valence-electron chi connectivity index (χ2n) is 17.0. The fourth-order valence-corrected chi connectivity index (χ4v) is 8.41. The number of aromatic hydroxyl groups is 1. The van der Waals surface area contributed by atoms with Gasteiger partial charge in [0.15, 0.2) is 5.96 Å². The first kappa shape index (κ1) is 51.7. The van der Waals surface area contributed by atoms with Crippen molar-refractivity contribution < 1.29 is 78.9 Å². The zero-order chi connectivity index (χ0) is 50.3. The van der Waals surface area contributed by atoms with E-state index in [-0.39, 0.29) is 37.2 Å². The number of hydrogen-bond acceptors (Lipinski definition) is 20. The van der Waals surface area contributed by atoms with Gasteiger partial charge >= 0.3 is 5.96 Å². The summed E-state index contributed by atoms with van der Waals surface area (Å²) in [5, 5.41) is 106. The fourth-order valence-electron chi connectivity index (χ4n) is 8.41. The zero-order valence-corrected chi connectivity index (χ0v) is 37.1. The molecule has 6 amide bonds. The van der Waals surface area contributed by atoms with Crippen molar-refractivity contribution in [3.8, 4) is 5.75 Å². The van der Waals surface area contributed by atoms with Crippen LogP contribution in [0.15, 0.2) is 59.6 Å². The third kappa shape index (κ3) is 11.9. The van der Waals surface area contributed by atoms with Crippen LogP contribution >= 0.6 is 0 Å². The number of aliphatic hydroxyl groups is 7. The Bertz CT molecular complexity index is 2260. The van der Waals surface area contributed by atoms with Crippen molar-refractivity contribution >= 4 is 47.4 Å². The molecule has 0 aromatic heterocycles. The molecule has 0 radical (unpaired) electrons. The molecule has 4 aliphatic rings. The maximum absolute atomic E-state index is 14.7. The molecule has 0 saturated carbocycles. The summed E-state index contributed by atoms with van der Waals surface area (Å²) >= 11 is 0. The monoisotopic (exact) mass is 971 g/mol. The van der Waals surface area contributed by atoms with Gasteiger partial charge in [-0.25, -0.2) is 9.57 Å². The van der Waals surface area contributed by atoms with Crippen LogP contribution in [0, 0.1) is 0 Å². The summed E-state index contributed by atoms with van der Waals surface area (Å²) in [6, 6.07) is 2.08. The highest BCUT2D eigenvalue weighted by molar-refractivity contribution is 5.98. The molecule has 376 valence electrons. The number of carbonyl (C=O) groups excluding carboxylic acids is 6. The molecule has 2 aromatic rings. The first-order valence-electron chi connectivity index (χ1n) is 21.9. The van der Waals surface area contributed by atoms with Crippen molar-refractivity contribution in [2.45, 2.75) is 104 Å². The van der Waals surface area contributed by atoms with Crippen LogP contribution < -0.4 is 54.0 Å². The van der Waals surface area contributed by atoms with Crippen LogP contribution in [0.5, 0.6) is 5.75 Å². The molecule has 4 heterocycles. The molecule has 0 aliphatic carbocycles. The lowest BCUT2D eigenvalue weighted by molar-refractivity contribution is -0.663. The normalized spacial score (nSPS) is 32.3. The van der Waals surface area contributed by atoms with Crippen LogP contribution in [-0.2, 0) is 39.9 Å². The van der Waals surface area contributed by atoms with Gasteiger partial charge in [0.25, 0.3) is 0 Å². The van der Waals surface area contributed by atoms with Crippen LogP contribution in [0.25, 0.3) is 0 Å². The van der Waals surface area contributed by atoms with Gasteiger partial charge in [-0.05, 0) is 23.3 Å². The largest absolute Gasteiger partial charge is 0.508 e. The Labute approximate surface area is 393 Å². The Morgan fingerprint density at radius 2 is 1.32 bits per heavy atom. The first-order chi connectivity index (χ1) is 32.8. The van der Waals surface area contributed by atoms with Crippen molar-refractivity contribution in [2.75, 3.05) is 32.8 Å². The Kier molecular flexibility index (Phi) is 16.9. The Hall–Kier alpha value is -6.72. The van der Waals surface area contributed by atoms with Crippen LogP contribution in [0.3, 0.4) is 0 Å². The number of hydrogen-bond donors (Lipinski definition) is 18. The summed E-state index contributed by atoms with van der Waals surface area (Å²) in [5.41, 5.74) is 13.0. The standard InChI is InChI=1S/C42H58N12O15/c1-17(19-5-3-2-4-6-19)27-37(66)48-21(11-18-7-9-20(57)10-8-18)36(65)52-28(30(59)22-12-46-41(43)50-22)39(68)53-29(38(67)49-23(15-55)35(64)45-14-26(58)51-27)31(60)24-13-47-42(44)54(24)40-34(63)33(62)32(61)25(16-56)69-40/h2-10,17,21-25,27-34,40,55-56,59-63H,11-16H2,1H3,(H12,43,44,45,46,47,48,49,50,51,52,53,57,58,64,65,66,67,68)/p+1/t17-,21+,22-,23-,24-,25+,27-,28-,29+,30-,31-,32+,33-,34-,40-/m0/s1. The van der Waals surface area contributed by atoms with Gasteiger partial charge in [-0.3, -0.25) is 39.8 Å². The average Bonchev–Trinajstić information content (AvgIpc) is 3.96. The molecule has 4 aliphatic heterocycles. The van der Waals surface area contributed by atoms with Crippen LogP contribution in [0.2, 0.25) is 0 Å². The zero-order valence-electron chi connectivity index (χ0n) is 37.1. The predicted octanol–water partition coefficient (Wildman–Crippen LogP) is -9.61. The summed E-state index contributed by atoms with van der Waals surface area (Å²) in [4.78, 5) is 89.2. The molecule has 27 heteroatoms. The van der Waals surface area contributed by atoms with Gasteiger partial charge in [-0.15, -0.1) is 0 Å². The molecule has 2 saturated heterocycles. The Balaban J connectivity index is 1.42. The summed E-state index contributed by atoms with van der Waals surface area (Å²) in [6.07, 6.45) is -13.3. The van der Waals surface area contributed by atoms with Crippen LogP contribution in [0.4, 0.5) is 0 Å². The molecule has 15 atom stereocenters. The third-order valence-corrected chi connectivity index (χ3v) is 12.4. The van der Waals surface area contributed by atoms with E-state index in [9.17, 15) is 69.6 Å². The van der Waals surface area contributed by atoms with E-state index >= 15 is 0 Å². The summed E-state index contributed by atoms with van der Waals surface area (Å²) < 4.78 is 6.65. The molecule has 69 heavy (non-hydrogen) atoms. The van der Waals surface area contributed by atoms with E-state index in [1.807, 2.05) is 0 Å². The fraction of sp³-hybridized carbons (Fsp3) is 0.524. The van der Waals surface area contributed by atoms with Crippen molar-refractivity contribution in [2.24, 2.45) is 16.5 Å². The molecular weight excluding hydrogens is 913 g/mol. The molecule has 27 nitrogen and oxygen atoms in total. The molecule has 20 N–H and O–H groups in total. The van der Waals surface area contributed by atoms with E-state index < -0.39 is 146 Å². The van der Waals surface area contributed by atoms with Crippen LogP contribution in [-0.4, -0.2) is 211 Å². The second kappa shape index (κ2) is 22.6. The van der Waals surface area contributed by atoms with E-state index in [2.05, 4.69) is 47.5 Å². The van der Waals surface area contributed by atoms with Gasteiger partial charge in [0.2, 0.25) is 41.7 Å². The average molecular weight is 972 g/mol. The minimum atomic E-state index is -2.23. The first-order valence-corrected chi connectivity index (χ1v) is 21.9.